The number of aromatic nitrogens is 2. The van der Waals surface area contributed by atoms with E-state index >= 15 is 0 Å². The van der Waals surface area contributed by atoms with Crippen molar-refractivity contribution in [2.45, 2.75) is 19.4 Å². The van der Waals surface area contributed by atoms with Gasteiger partial charge >= 0.3 is 0 Å². The predicted octanol–water partition coefficient (Wildman–Crippen LogP) is 4.53. The molecule has 0 saturated heterocycles. The lowest BCUT2D eigenvalue weighted by Gasteiger charge is -2.23. The Balaban J connectivity index is 1.66. The van der Waals surface area contributed by atoms with Gasteiger partial charge in [0.25, 0.3) is 5.56 Å². The van der Waals surface area contributed by atoms with Gasteiger partial charge in [0.05, 0.1) is 10.0 Å². The molecule has 0 bridgehead atoms. The van der Waals surface area contributed by atoms with Gasteiger partial charge in [0.2, 0.25) is 5.95 Å². The zero-order valence-corrected chi connectivity index (χ0v) is 17.7. The first-order valence-corrected chi connectivity index (χ1v) is 10.0. The molecular formula is C20H17Cl2N5OS. The summed E-state index contributed by atoms with van der Waals surface area (Å²) in [5.41, 5.74) is 8.62. The summed E-state index contributed by atoms with van der Waals surface area (Å²) in [5.74, 6) is 0.448. The van der Waals surface area contributed by atoms with Crippen molar-refractivity contribution in [3.05, 3.63) is 74.0 Å². The van der Waals surface area contributed by atoms with Crippen LogP contribution in [0.1, 0.15) is 18.1 Å². The minimum atomic E-state index is -0.415. The van der Waals surface area contributed by atoms with Crippen LogP contribution in [-0.4, -0.2) is 21.0 Å². The summed E-state index contributed by atoms with van der Waals surface area (Å²) < 4.78 is 0. The van der Waals surface area contributed by atoms with Gasteiger partial charge < -0.3 is 16.0 Å². The van der Waals surface area contributed by atoms with Gasteiger partial charge in [-0.15, -0.1) is 0 Å². The molecule has 4 rings (SSSR count). The molecule has 4 N–H and O–H groups in total. The van der Waals surface area contributed by atoms with Gasteiger partial charge in [-0.05, 0) is 43.2 Å². The number of benzene rings is 2. The van der Waals surface area contributed by atoms with E-state index in [1.807, 2.05) is 23.1 Å². The Morgan fingerprint density at radius 3 is 2.76 bits per heavy atom. The Hall–Kier alpha value is -2.61. The van der Waals surface area contributed by atoms with Crippen molar-refractivity contribution in [3.63, 3.8) is 0 Å². The minimum absolute atomic E-state index is 0.0536. The molecule has 29 heavy (non-hydrogen) atoms. The third-order valence-corrected chi connectivity index (χ3v) is 5.82. The number of thiocarbonyl (C=S) groups is 1. The lowest BCUT2D eigenvalue weighted by atomic mass is 10.1. The molecule has 0 radical (unpaired) electrons. The summed E-state index contributed by atoms with van der Waals surface area (Å²) in [6.07, 6.45) is 0.860. The number of nitrogens with one attached hydrogen (secondary N) is 2. The van der Waals surface area contributed by atoms with E-state index in [2.05, 4.69) is 28.3 Å². The quantitative estimate of drug-likeness (QED) is 0.513. The Morgan fingerprint density at radius 1 is 1.28 bits per heavy atom. The molecule has 3 aromatic rings. The minimum Gasteiger partial charge on any atom is -0.383 e. The summed E-state index contributed by atoms with van der Waals surface area (Å²) in [7, 11) is 0. The maximum atomic E-state index is 12.8. The third-order valence-electron chi connectivity index (χ3n) is 4.77. The van der Waals surface area contributed by atoms with Crippen molar-refractivity contribution in [1.82, 2.24) is 9.97 Å². The predicted molar refractivity (Wildman–Crippen MR) is 123 cm³/mol. The Bertz CT molecular complexity index is 1180. The van der Waals surface area contributed by atoms with E-state index in [9.17, 15) is 4.79 Å². The first-order valence-electron chi connectivity index (χ1n) is 8.88. The molecule has 0 spiro atoms. The van der Waals surface area contributed by atoms with Crippen LogP contribution < -0.4 is 21.5 Å². The average molecular weight is 446 g/mol. The number of nitrogens with two attached hydrogens (primary N) is 1. The van der Waals surface area contributed by atoms with Gasteiger partial charge in [0.15, 0.2) is 0 Å². The number of hydrogen-bond acceptors (Lipinski definition) is 5. The van der Waals surface area contributed by atoms with Crippen LogP contribution in [0.3, 0.4) is 0 Å². The molecule has 1 aliphatic rings. The standard InChI is InChI=1S/C20H17Cl2N5OS/c1-10-8-11-4-2-3-5-15(11)27(10)20-25-17(23)16(18(28)26-20)19(29)24-12-6-7-13(21)14(22)9-12/h2-7,9-10H,8H2,1H3,(H,24,29)(H3,23,25,26,28)/t10-/m1/s1. The first kappa shape index (κ1) is 19.7. The molecule has 1 atom stereocenters. The van der Waals surface area contributed by atoms with E-state index in [0.717, 1.165) is 12.1 Å². The molecule has 0 amide bonds. The number of fused-ring (bicyclic) bond motifs is 1. The number of nitrogen functional groups attached to an aromatic ring is 1. The van der Waals surface area contributed by atoms with Crippen LogP contribution in [0.2, 0.25) is 10.0 Å². The zero-order valence-electron chi connectivity index (χ0n) is 15.4. The topological polar surface area (TPSA) is 87.0 Å². The second kappa shape index (κ2) is 7.67. The maximum absolute atomic E-state index is 12.8. The van der Waals surface area contributed by atoms with Gasteiger partial charge in [-0.3, -0.25) is 9.78 Å². The summed E-state index contributed by atoms with van der Waals surface area (Å²) >= 11 is 17.3. The largest absolute Gasteiger partial charge is 0.383 e. The molecule has 6 nitrogen and oxygen atoms in total. The molecule has 0 aliphatic carbocycles. The van der Waals surface area contributed by atoms with E-state index in [0.29, 0.717) is 21.7 Å². The van der Waals surface area contributed by atoms with Gasteiger partial charge in [-0.25, -0.2) is 0 Å². The molecule has 2 heterocycles. The number of halogens is 2. The van der Waals surface area contributed by atoms with Gasteiger partial charge in [-0.2, -0.15) is 4.98 Å². The van der Waals surface area contributed by atoms with Crippen LogP contribution in [0.4, 0.5) is 23.1 Å². The molecule has 148 valence electrons. The fourth-order valence-corrected chi connectivity index (χ4v) is 4.08. The van der Waals surface area contributed by atoms with E-state index in [-0.39, 0.29) is 22.4 Å². The smallest absolute Gasteiger partial charge is 0.264 e. The van der Waals surface area contributed by atoms with Crippen LogP contribution in [0, 0.1) is 0 Å². The maximum Gasteiger partial charge on any atom is 0.264 e. The highest BCUT2D eigenvalue weighted by molar-refractivity contribution is 7.81. The lowest BCUT2D eigenvalue weighted by molar-refractivity contribution is 0.738. The third kappa shape index (κ3) is 3.69. The highest BCUT2D eigenvalue weighted by Crippen LogP contribution is 2.36. The molecule has 0 fully saturated rings. The van der Waals surface area contributed by atoms with Crippen molar-refractivity contribution in [3.8, 4) is 0 Å². The fraction of sp³-hybridized carbons (Fsp3) is 0.150. The Morgan fingerprint density at radius 2 is 2.03 bits per heavy atom. The SMILES string of the molecule is C[C@@H]1Cc2ccccc2N1c1nc(N)c(C(=S)Nc2ccc(Cl)c(Cl)c2)c(=O)[nH]1. The summed E-state index contributed by atoms with van der Waals surface area (Å²) in [6, 6.07) is 13.1. The summed E-state index contributed by atoms with van der Waals surface area (Å²) in [5, 5.41) is 3.75. The van der Waals surface area contributed by atoms with E-state index in [1.54, 1.807) is 18.2 Å². The van der Waals surface area contributed by atoms with E-state index < -0.39 is 5.56 Å². The number of H-pyrrole nitrogens is 1. The molecule has 0 saturated carbocycles. The van der Waals surface area contributed by atoms with E-state index in [4.69, 9.17) is 41.2 Å². The van der Waals surface area contributed by atoms with Crippen molar-refractivity contribution in [1.29, 1.82) is 0 Å². The highest BCUT2D eigenvalue weighted by Gasteiger charge is 2.29. The molecule has 1 aliphatic heterocycles. The van der Waals surface area contributed by atoms with Crippen LogP contribution in [0.25, 0.3) is 0 Å². The summed E-state index contributed by atoms with van der Waals surface area (Å²) in [4.78, 5) is 22.2. The van der Waals surface area contributed by atoms with Crippen molar-refractivity contribution >= 4 is 63.5 Å². The van der Waals surface area contributed by atoms with Gasteiger partial charge in [0, 0.05) is 17.4 Å². The monoisotopic (exact) mass is 445 g/mol. The summed E-state index contributed by atoms with van der Waals surface area (Å²) in [6.45, 7) is 2.07. The number of hydrogen-bond donors (Lipinski definition) is 3. The van der Waals surface area contributed by atoms with Crippen molar-refractivity contribution in [2.24, 2.45) is 0 Å². The molecular weight excluding hydrogens is 429 g/mol. The number of aromatic amines is 1. The Kier molecular flexibility index (Phi) is 5.21. The fourth-order valence-electron chi connectivity index (χ4n) is 3.47. The van der Waals surface area contributed by atoms with Crippen LogP contribution in [0.15, 0.2) is 47.3 Å². The second-order valence-electron chi connectivity index (χ2n) is 6.78. The molecule has 9 heteroatoms. The van der Waals surface area contributed by atoms with Crippen LogP contribution in [-0.2, 0) is 6.42 Å². The number of nitrogens with zero attached hydrogens (tertiary/aromatic N) is 2. The normalized spacial score (nSPS) is 15.3. The highest BCUT2D eigenvalue weighted by atomic mass is 35.5. The van der Waals surface area contributed by atoms with Crippen LogP contribution in [0.5, 0.6) is 0 Å². The van der Waals surface area contributed by atoms with Crippen molar-refractivity contribution < 1.29 is 0 Å². The molecule has 0 unspecified atom stereocenters. The van der Waals surface area contributed by atoms with Gasteiger partial charge in [-0.1, -0.05) is 53.6 Å². The van der Waals surface area contributed by atoms with E-state index in [1.165, 1.54) is 5.56 Å². The van der Waals surface area contributed by atoms with Crippen LogP contribution >= 0.6 is 35.4 Å². The zero-order chi connectivity index (χ0) is 20.7. The molecule has 1 aromatic heterocycles. The number of anilines is 4. The Labute approximate surface area is 182 Å². The average Bonchev–Trinajstić information content (AvgIpc) is 2.99. The van der Waals surface area contributed by atoms with Crippen molar-refractivity contribution in [2.75, 3.05) is 16.0 Å². The van der Waals surface area contributed by atoms with Gasteiger partial charge in [0.1, 0.15) is 16.4 Å². The number of rotatable bonds is 3. The number of para-hydroxylation sites is 1. The lowest BCUT2D eigenvalue weighted by Crippen LogP contribution is -2.31. The first-order chi connectivity index (χ1) is 13.8. The molecule has 2 aromatic carbocycles. The second-order valence-corrected chi connectivity index (χ2v) is 8.01.